The number of rotatable bonds is 4. The van der Waals surface area contributed by atoms with Crippen molar-refractivity contribution in [3.8, 4) is 0 Å². The summed E-state index contributed by atoms with van der Waals surface area (Å²) < 4.78 is 5.09. The van der Waals surface area contributed by atoms with Gasteiger partial charge in [0.25, 0.3) is 0 Å². The fraction of sp³-hybridized carbons (Fsp3) is 0.692. The Balaban J connectivity index is 2.29. The summed E-state index contributed by atoms with van der Waals surface area (Å²) in [6, 6.07) is 0. The van der Waals surface area contributed by atoms with Gasteiger partial charge >= 0.3 is 0 Å². The Morgan fingerprint density at radius 1 is 1.18 bits per heavy atom. The van der Waals surface area contributed by atoms with Crippen LogP contribution in [-0.2, 0) is 24.0 Å². The van der Waals surface area contributed by atoms with Crippen molar-refractivity contribution < 1.29 is 4.74 Å². The van der Waals surface area contributed by atoms with Crippen molar-refractivity contribution in [3.05, 3.63) is 17.1 Å². The van der Waals surface area contributed by atoms with Gasteiger partial charge in [-0.1, -0.05) is 6.42 Å². The Labute approximate surface area is 103 Å². The Morgan fingerprint density at radius 3 is 2.76 bits per heavy atom. The molecule has 0 atom stereocenters. The summed E-state index contributed by atoms with van der Waals surface area (Å²) in [5, 5.41) is 3.21. The molecule has 1 aliphatic carbocycles. The zero-order chi connectivity index (χ0) is 12.1. The molecule has 0 fully saturated rings. The lowest BCUT2D eigenvalue weighted by Crippen LogP contribution is -2.10. The molecule has 17 heavy (non-hydrogen) atoms. The van der Waals surface area contributed by atoms with Crippen LogP contribution in [0.1, 0.15) is 36.3 Å². The Bertz CT molecular complexity index is 379. The average Bonchev–Trinajstić information content (AvgIpc) is 2.60. The van der Waals surface area contributed by atoms with Crippen molar-refractivity contribution >= 4 is 5.82 Å². The van der Waals surface area contributed by atoms with Gasteiger partial charge in [0, 0.05) is 31.8 Å². The van der Waals surface area contributed by atoms with E-state index in [2.05, 4.69) is 15.3 Å². The first-order chi connectivity index (χ1) is 8.35. The lowest BCUT2D eigenvalue weighted by atomic mass is 10.1. The zero-order valence-electron chi connectivity index (χ0n) is 10.8. The SMILES string of the molecule is CNc1nc(CCOC)nc2c1CCCCC2. The molecular formula is C13H21N3O. The molecule has 0 aliphatic heterocycles. The molecule has 0 unspecified atom stereocenters. The number of aromatic nitrogens is 2. The predicted molar refractivity (Wildman–Crippen MR) is 68.4 cm³/mol. The number of aryl methyl sites for hydroxylation is 1. The Kier molecular flexibility index (Phi) is 4.31. The molecular weight excluding hydrogens is 214 g/mol. The van der Waals surface area contributed by atoms with Crippen LogP contribution in [0.5, 0.6) is 0 Å². The summed E-state index contributed by atoms with van der Waals surface area (Å²) in [5.74, 6) is 1.92. The first-order valence-electron chi connectivity index (χ1n) is 6.40. The Hall–Kier alpha value is -1.16. The molecule has 0 bridgehead atoms. The standard InChI is InChI=1S/C13H21N3O/c1-14-13-10-6-4-3-5-7-11(10)15-12(16-13)8-9-17-2/h3-9H2,1-2H3,(H,14,15,16). The van der Waals surface area contributed by atoms with Crippen molar-refractivity contribution in [2.24, 2.45) is 0 Å². The number of methoxy groups -OCH3 is 1. The quantitative estimate of drug-likeness (QED) is 0.811. The number of nitrogens with one attached hydrogen (secondary N) is 1. The molecule has 1 aliphatic rings. The van der Waals surface area contributed by atoms with Crippen molar-refractivity contribution in [1.29, 1.82) is 0 Å². The van der Waals surface area contributed by atoms with Crippen LogP contribution in [0.25, 0.3) is 0 Å². The van der Waals surface area contributed by atoms with Crippen LogP contribution in [0.4, 0.5) is 5.82 Å². The molecule has 1 N–H and O–H groups in total. The van der Waals surface area contributed by atoms with Crippen molar-refractivity contribution in [1.82, 2.24) is 9.97 Å². The van der Waals surface area contributed by atoms with Gasteiger partial charge in [0.05, 0.1) is 6.61 Å². The van der Waals surface area contributed by atoms with Gasteiger partial charge in [-0.25, -0.2) is 9.97 Å². The van der Waals surface area contributed by atoms with Crippen LogP contribution < -0.4 is 5.32 Å². The molecule has 2 rings (SSSR count). The summed E-state index contributed by atoms with van der Waals surface area (Å²) in [5.41, 5.74) is 2.57. The van der Waals surface area contributed by atoms with E-state index in [4.69, 9.17) is 4.74 Å². The molecule has 0 saturated heterocycles. The fourth-order valence-electron chi connectivity index (χ4n) is 2.33. The highest BCUT2D eigenvalue weighted by Gasteiger charge is 2.15. The van der Waals surface area contributed by atoms with Gasteiger partial charge in [-0.05, 0) is 25.7 Å². The van der Waals surface area contributed by atoms with Crippen LogP contribution in [0, 0.1) is 0 Å². The maximum Gasteiger partial charge on any atom is 0.133 e. The monoisotopic (exact) mass is 235 g/mol. The van der Waals surface area contributed by atoms with E-state index in [-0.39, 0.29) is 0 Å². The lowest BCUT2D eigenvalue weighted by Gasteiger charge is -2.12. The molecule has 4 nitrogen and oxygen atoms in total. The minimum Gasteiger partial charge on any atom is -0.384 e. The highest BCUT2D eigenvalue weighted by Crippen LogP contribution is 2.24. The summed E-state index contributed by atoms with van der Waals surface area (Å²) in [6.07, 6.45) is 6.79. The summed E-state index contributed by atoms with van der Waals surface area (Å²) in [6.45, 7) is 0.682. The first-order valence-corrected chi connectivity index (χ1v) is 6.40. The smallest absolute Gasteiger partial charge is 0.133 e. The van der Waals surface area contributed by atoms with E-state index in [0.717, 1.165) is 30.9 Å². The third kappa shape index (κ3) is 2.94. The van der Waals surface area contributed by atoms with E-state index in [9.17, 15) is 0 Å². The van der Waals surface area contributed by atoms with Gasteiger partial charge in [0.1, 0.15) is 11.6 Å². The van der Waals surface area contributed by atoms with E-state index in [0.29, 0.717) is 6.61 Å². The van der Waals surface area contributed by atoms with Crippen LogP contribution in [-0.4, -0.2) is 30.7 Å². The molecule has 1 heterocycles. The molecule has 1 aromatic heterocycles. The molecule has 0 aromatic carbocycles. The number of hydrogen-bond donors (Lipinski definition) is 1. The number of anilines is 1. The molecule has 0 radical (unpaired) electrons. The topological polar surface area (TPSA) is 47.0 Å². The number of nitrogens with zero attached hydrogens (tertiary/aromatic N) is 2. The van der Waals surface area contributed by atoms with E-state index in [1.807, 2.05) is 7.05 Å². The average molecular weight is 235 g/mol. The minimum absolute atomic E-state index is 0.682. The maximum atomic E-state index is 5.09. The highest BCUT2D eigenvalue weighted by molar-refractivity contribution is 5.46. The van der Waals surface area contributed by atoms with E-state index < -0.39 is 0 Å². The zero-order valence-corrected chi connectivity index (χ0v) is 10.8. The third-order valence-corrected chi connectivity index (χ3v) is 3.25. The third-order valence-electron chi connectivity index (χ3n) is 3.25. The van der Waals surface area contributed by atoms with Gasteiger partial charge in [0.2, 0.25) is 0 Å². The van der Waals surface area contributed by atoms with Gasteiger partial charge in [-0.3, -0.25) is 0 Å². The fourth-order valence-corrected chi connectivity index (χ4v) is 2.33. The molecule has 1 aromatic rings. The molecule has 4 heteroatoms. The lowest BCUT2D eigenvalue weighted by molar-refractivity contribution is 0.200. The van der Waals surface area contributed by atoms with Gasteiger partial charge in [-0.15, -0.1) is 0 Å². The normalized spacial score (nSPS) is 15.2. The minimum atomic E-state index is 0.682. The number of hydrogen-bond acceptors (Lipinski definition) is 4. The molecule has 94 valence electrons. The van der Waals surface area contributed by atoms with Crippen molar-refractivity contribution in [2.75, 3.05) is 26.1 Å². The van der Waals surface area contributed by atoms with Crippen LogP contribution in [0.15, 0.2) is 0 Å². The second-order valence-electron chi connectivity index (χ2n) is 4.47. The van der Waals surface area contributed by atoms with Crippen LogP contribution in [0.2, 0.25) is 0 Å². The molecule has 0 saturated carbocycles. The molecule has 0 spiro atoms. The van der Waals surface area contributed by atoms with Gasteiger partial charge in [-0.2, -0.15) is 0 Å². The largest absolute Gasteiger partial charge is 0.384 e. The number of fused-ring (bicyclic) bond motifs is 1. The molecule has 0 amide bonds. The number of ether oxygens (including phenoxy) is 1. The van der Waals surface area contributed by atoms with Crippen molar-refractivity contribution in [2.45, 2.75) is 38.5 Å². The van der Waals surface area contributed by atoms with Crippen molar-refractivity contribution in [3.63, 3.8) is 0 Å². The first kappa shape index (κ1) is 12.3. The van der Waals surface area contributed by atoms with E-state index >= 15 is 0 Å². The summed E-state index contributed by atoms with van der Waals surface area (Å²) >= 11 is 0. The van der Waals surface area contributed by atoms with Crippen LogP contribution in [0.3, 0.4) is 0 Å². The highest BCUT2D eigenvalue weighted by atomic mass is 16.5. The summed E-state index contributed by atoms with van der Waals surface area (Å²) in [4.78, 5) is 9.27. The Morgan fingerprint density at radius 2 is 2.00 bits per heavy atom. The van der Waals surface area contributed by atoms with Gasteiger partial charge < -0.3 is 10.1 Å². The predicted octanol–water partition coefficient (Wildman–Crippen LogP) is 1.98. The summed E-state index contributed by atoms with van der Waals surface area (Å²) in [7, 11) is 3.65. The maximum absolute atomic E-state index is 5.09. The van der Waals surface area contributed by atoms with Crippen LogP contribution >= 0.6 is 0 Å². The second-order valence-corrected chi connectivity index (χ2v) is 4.47. The van der Waals surface area contributed by atoms with E-state index in [1.165, 1.54) is 30.5 Å². The van der Waals surface area contributed by atoms with Gasteiger partial charge in [0.15, 0.2) is 0 Å². The van der Waals surface area contributed by atoms with E-state index in [1.54, 1.807) is 7.11 Å². The second kappa shape index (κ2) is 5.96.